The van der Waals surface area contributed by atoms with Gasteiger partial charge in [-0.2, -0.15) is 0 Å². The molecular weight excluding hydrogens is 254 g/mol. The quantitative estimate of drug-likeness (QED) is 0.840. The monoisotopic (exact) mass is 281 g/mol. The van der Waals surface area contributed by atoms with Crippen molar-refractivity contribution in [2.45, 2.75) is 52.5 Å². The predicted molar refractivity (Wildman–Crippen MR) is 82.7 cm³/mol. The van der Waals surface area contributed by atoms with Crippen LogP contribution in [0.5, 0.6) is 0 Å². The van der Waals surface area contributed by atoms with Gasteiger partial charge in [0.15, 0.2) is 0 Å². The zero-order chi connectivity index (χ0) is 13.7. The summed E-state index contributed by atoms with van der Waals surface area (Å²) < 4.78 is 0. The van der Waals surface area contributed by atoms with E-state index >= 15 is 0 Å². The summed E-state index contributed by atoms with van der Waals surface area (Å²) in [6.45, 7) is 10.1. The molecule has 1 unspecified atom stereocenters. The molecule has 0 radical (unpaired) electrons. The Morgan fingerprint density at radius 1 is 1.47 bits per heavy atom. The van der Waals surface area contributed by atoms with Crippen molar-refractivity contribution in [3.8, 4) is 0 Å². The summed E-state index contributed by atoms with van der Waals surface area (Å²) in [5.74, 6) is 0. The molecule has 0 aliphatic carbocycles. The minimum absolute atomic E-state index is 0.377. The number of thiazole rings is 1. The molecule has 1 atom stereocenters. The highest BCUT2D eigenvalue weighted by Crippen LogP contribution is 2.34. The van der Waals surface area contributed by atoms with Crippen LogP contribution in [0.15, 0.2) is 5.38 Å². The Hall–Kier alpha value is -0.450. The Bertz CT molecular complexity index is 377. The molecule has 1 aliphatic rings. The van der Waals surface area contributed by atoms with Crippen LogP contribution in [0.1, 0.15) is 56.3 Å². The lowest BCUT2D eigenvalue weighted by Gasteiger charge is -2.38. The minimum Gasteiger partial charge on any atom is -0.317 e. The summed E-state index contributed by atoms with van der Waals surface area (Å²) in [5, 5.41) is 10.6. The van der Waals surface area contributed by atoms with Gasteiger partial charge in [-0.15, -0.1) is 11.3 Å². The van der Waals surface area contributed by atoms with Gasteiger partial charge >= 0.3 is 0 Å². The highest BCUT2D eigenvalue weighted by atomic mass is 32.1. The third kappa shape index (κ3) is 4.01. The number of aryl methyl sites for hydroxylation is 1. The standard InChI is InChI=1S/C15H27N3S/c1-4-5-15(6-8-16-9-7-15)11-17-13(3)14-18-12(2)10-19-14/h10,13,16-17H,4-9,11H2,1-3H3. The van der Waals surface area contributed by atoms with Gasteiger partial charge in [0.25, 0.3) is 0 Å². The van der Waals surface area contributed by atoms with Crippen LogP contribution in [-0.4, -0.2) is 24.6 Å². The van der Waals surface area contributed by atoms with E-state index in [4.69, 9.17) is 0 Å². The summed E-state index contributed by atoms with van der Waals surface area (Å²) >= 11 is 1.77. The molecule has 0 amide bonds. The molecule has 0 bridgehead atoms. The summed E-state index contributed by atoms with van der Waals surface area (Å²) in [6.07, 6.45) is 5.23. The normalized spacial score (nSPS) is 20.4. The lowest BCUT2D eigenvalue weighted by atomic mass is 9.75. The third-order valence-corrected chi connectivity index (χ3v) is 5.38. The maximum atomic E-state index is 4.59. The Labute approximate surface area is 121 Å². The van der Waals surface area contributed by atoms with Gasteiger partial charge in [-0.1, -0.05) is 13.3 Å². The fourth-order valence-electron chi connectivity index (χ4n) is 3.03. The average Bonchev–Trinajstić information content (AvgIpc) is 2.84. The van der Waals surface area contributed by atoms with E-state index in [0.717, 1.165) is 12.2 Å². The van der Waals surface area contributed by atoms with E-state index in [2.05, 4.69) is 41.8 Å². The largest absolute Gasteiger partial charge is 0.317 e. The second kappa shape index (κ2) is 6.82. The molecule has 108 valence electrons. The number of aromatic nitrogens is 1. The van der Waals surface area contributed by atoms with Crippen molar-refractivity contribution in [3.05, 3.63) is 16.1 Å². The van der Waals surface area contributed by atoms with E-state index < -0.39 is 0 Å². The van der Waals surface area contributed by atoms with E-state index in [-0.39, 0.29) is 0 Å². The van der Waals surface area contributed by atoms with Gasteiger partial charge < -0.3 is 10.6 Å². The molecule has 1 saturated heterocycles. The summed E-state index contributed by atoms with van der Waals surface area (Å²) in [6, 6.07) is 0.377. The first-order valence-corrected chi connectivity index (χ1v) is 8.39. The van der Waals surface area contributed by atoms with Crippen LogP contribution in [0.25, 0.3) is 0 Å². The zero-order valence-corrected chi connectivity index (χ0v) is 13.3. The van der Waals surface area contributed by atoms with Crippen LogP contribution in [0.4, 0.5) is 0 Å². The second-order valence-electron chi connectivity index (χ2n) is 5.93. The van der Waals surface area contributed by atoms with E-state index in [9.17, 15) is 0 Å². The Kier molecular flexibility index (Phi) is 5.37. The van der Waals surface area contributed by atoms with Gasteiger partial charge in [-0.3, -0.25) is 0 Å². The van der Waals surface area contributed by atoms with Crippen molar-refractivity contribution < 1.29 is 0 Å². The summed E-state index contributed by atoms with van der Waals surface area (Å²) in [7, 11) is 0. The number of piperidine rings is 1. The van der Waals surface area contributed by atoms with Gasteiger partial charge in [0.2, 0.25) is 0 Å². The molecule has 0 aromatic carbocycles. The molecule has 0 saturated carbocycles. The first kappa shape index (κ1) is 14.9. The SMILES string of the molecule is CCCC1(CNC(C)c2nc(C)cs2)CCNCC1. The molecule has 1 aromatic rings. The molecule has 2 N–H and O–H groups in total. The van der Waals surface area contributed by atoms with Gasteiger partial charge in [0.05, 0.1) is 6.04 Å². The van der Waals surface area contributed by atoms with E-state index in [1.54, 1.807) is 11.3 Å². The smallest absolute Gasteiger partial charge is 0.110 e. The van der Waals surface area contributed by atoms with Gasteiger partial charge in [-0.05, 0) is 51.6 Å². The molecule has 1 aliphatic heterocycles. The van der Waals surface area contributed by atoms with Crippen LogP contribution >= 0.6 is 11.3 Å². The Morgan fingerprint density at radius 3 is 2.79 bits per heavy atom. The highest BCUT2D eigenvalue weighted by molar-refractivity contribution is 7.09. The van der Waals surface area contributed by atoms with Crippen molar-refractivity contribution in [2.75, 3.05) is 19.6 Å². The number of hydrogen-bond donors (Lipinski definition) is 2. The average molecular weight is 281 g/mol. The molecular formula is C15H27N3S. The number of hydrogen-bond acceptors (Lipinski definition) is 4. The van der Waals surface area contributed by atoms with Crippen molar-refractivity contribution >= 4 is 11.3 Å². The summed E-state index contributed by atoms with van der Waals surface area (Å²) in [5.41, 5.74) is 1.64. The van der Waals surface area contributed by atoms with Gasteiger partial charge in [-0.25, -0.2) is 4.98 Å². The lowest BCUT2D eigenvalue weighted by molar-refractivity contribution is 0.171. The molecule has 4 heteroatoms. The number of rotatable bonds is 6. The fourth-order valence-corrected chi connectivity index (χ4v) is 3.86. The molecule has 3 nitrogen and oxygen atoms in total. The second-order valence-corrected chi connectivity index (χ2v) is 6.82. The van der Waals surface area contributed by atoms with E-state index in [0.29, 0.717) is 11.5 Å². The Balaban J connectivity index is 1.91. The fraction of sp³-hybridized carbons (Fsp3) is 0.800. The molecule has 19 heavy (non-hydrogen) atoms. The van der Waals surface area contributed by atoms with Gasteiger partial charge in [0.1, 0.15) is 5.01 Å². The first-order valence-electron chi connectivity index (χ1n) is 7.51. The van der Waals surface area contributed by atoms with Crippen LogP contribution in [0, 0.1) is 12.3 Å². The van der Waals surface area contributed by atoms with Crippen LogP contribution in [-0.2, 0) is 0 Å². The maximum Gasteiger partial charge on any atom is 0.110 e. The topological polar surface area (TPSA) is 37.0 Å². The Morgan fingerprint density at radius 2 is 2.21 bits per heavy atom. The predicted octanol–water partition coefficient (Wildman–Crippen LogP) is 3.27. The van der Waals surface area contributed by atoms with E-state index in [1.165, 1.54) is 43.8 Å². The van der Waals surface area contributed by atoms with Crippen LogP contribution in [0.2, 0.25) is 0 Å². The van der Waals surface area contributed by atoms with E-state index in [1.807, 2.05) is 0 Å². The third-order valence-electron chi connectivity index (χ3n) is 4.23. The van der Waals surface area contributed by atoms with Gasteiger partial charge in [0, 0.05) is 17.6 Å². The number of nitrogens with zero attached hydrogens (tertiary/aromatic N) is 1. The summed E-state index contributed by atoms with van der Waals surface area (Å²) in [4.78, 5) is 4.59. The molecule has 1 aromatic heterocycles. The van der Waals surface area contributed by atoms with Crippen molar-refractivity contribution in [1.29, 1.82) is 0 Å². The maximum absolute atomic E-state index is 4.59. The highest BCUT2D eigenvalue weighted by Gasteiger charge is 2.31. The minimum atomic E-state index is 0.377. The van der Waals surface area contributed by atoms with Crippen LogP contribution in [0.3, 0.4) is 0 Å². The van der Waals surface area contributed by atoms with Crippen molar-refractivity contribution in [3.63, 3.8) is 0 Å². The number of nitrogens with one attached hydrogen (secondary N) is 2. The molecule has 2 heterocycles. The van der Waals surface area contributed by atoms with Crippen molar-refractivity contribution in [1.82, 2.24) is 15.6 Å². The van der Waals surface area contributed by atoms with Crippen molar-refractivity contribution in [2.24, 2.45) is 5.41 Å². The molecule has 0 spiro atoms. The molecule has 2 rings (SSSR count). The van der Waals surface area contributed by atoms with Crippen LogP contribution < -0.4 is 10.6 Å². The first-order chi connectivity index (χ1) is 9.15. The molecule has 1 fully saturated rings. The lowest BCUT2D eigenvalue weighted by Crippen LogP contribution is -2.43. The zero-order valence-electron chi connectivity index (χ0n) is 12.5.